The maximum Gasteiger partial charge on any atom is 0.325 e. The Kier molecular flexibility index (Phi) is 8.32. The van der Waals surface area contributed by atoms with Gasteiger partial charge in [-0.1, -0.05) is 0 Å². The lowest BCUT2D eigenvalue weighted by atomic mass is 10.1. The van der Waals surface area contributed by atoms with Gasteiger partial charge in [-0.2, -0.15) is 0 Å². The number of carboxylic acids is 1. The molecule has 0 aliphatic rings. The van der Waals surface area contributed by atoms with Gasteiger partial charge in [0.2, 0.25) is 0 Å². The first-order valence-electron chi connectivity index (χ1n) is 6.25. The smallest absolute Gasteiger partial charge is 0.325 e. The van der Waals surface area contributed by atoms with Crippen molar-refractivity contribution in [2.75, 3.05) is 20.2 Å². The second-order valence-electron chi connectivity index (χ2n) is 4.30. The molecule has 0 heterocycles. The fourth-order valence-corrected chi connectivity index (χ4v) is 1.42. The van der Waals surface area contributed by atoms with Crippen LogP contribution < -0.4 is 5.32 Å². The number of carbonyl (C=O) groups is 3. The summed E-state index contributed by atoms with van der Waals surface area (Å²) < 4.78 is 4.73. The minimum atomic E-state index is -0.849. The molecule has 7 heteroatoms. The van der Waals surface area contributed by atoms with Crippen molar-refractivity contribution in [3.05, 3.63) is 0 Å². The predicted molar refractivity (Wildman–Crippen MR) is 68.7 cm³/mol. The van der Waals surface area contributed by atoms with Crippen molar-refractivity contribution in [1.82, 2.24) is 10.2 Å². The lowest BCUT2D eigenvalue weighted by molar-refractivity contribution is -0.143. The second-order valence-corrected chi connectivity index (χ2v) is 4.30. The van der Waals surface area contributed by atoms with E-state index in [4.69, 9.17) is 9.84 Å². The van der Waals surface area contributed by atoms with E-state index in [9.17, 15) is 14.4 Å². The summed E-state index contributed by atoms with van der Waals surface area (Å²) in [6, 6.07) is -0.521. The number of urea groups is 1. The van der Waals surface area contributed by atoms with E-state index in [0.29, 0.717) is 12.8 Å². The zero-order valence-corrected chi connectivity index (χ0v) is 11.6. The van der Waals surface area contributed by atoms with Gasteiger partial charge in [-0.25, -0.2) is 4.79 Å². The average molecular weight is 274 g/mol. The molecule has 0 aromatic rings. The van der Waals surface area contributed by atoms with Gasteiger partial charge < -0.3 is 20.1 Å². The van der Waals surface area contributed by atoms with Gasteiger partial charge in [-0.05, 0) is 26.7 Å². The van der Waals surface area contributed by atoms with Crippen molar-refractivity contribution in [1.29, 1.82) is 0 Å². The summed E-state index contributed by atoms with van der Waals surface area (Å²) in [7, 11) is 1.50. The fourth-order valence-electron chi connectivity index (χ4n) is 1.42. The SMILES string of the molecule is CCOC(=O)CN(C)C(=O)NC(C)CCCC(=O)O. The Morgan fingerprint density at radius 1 is 1.37 bits per heavy atom. The van der Waals surface area contributed by atoms with Crippen LogP contribution in [0.2, 0.25) is 0 Å². The Bertz CT molecular complexity index is 319. The topological polar surface area (TPSA) is 95.9 Å². The molecule has 0 aromatic carbocycles. The number of carboxylic acid groups (broad SMARTS) is 1. The number of hydrogen-bond acceptors (Lipinski definition) is 4. The Balaban J connectivity index is 3.93. The van der Waals surface area contributed by atoms with E-state index in [1.807, 2.05) is 0 Å². The molecular formula is C12H22N2O5. The highest BCUT2D eigenvalue weighted by Crippen LogP contribution is 2.01. The van der Waals surface area contributed by atoms with Crippen molar-refractivity contribution in [2.24, 2.45) is 0 Å². The molecule has 0 fully saturated rings. The van der Waals surface area contributed by atoms with Crippen molar-refractivity contribution in [3.8, 4) is 0 Å². The standard InChI is InChI=1S/C12H22N2O5/c1-4-19-11(17)8-14(3)12(18)13-9(2)6-5-7-10(15)16/h9H,4-8H2,1-3H3,(H,13,18)(H,15,16). The monoisotopic (exact) mass is 274 g/mol. The molecule has 0 bridgehead atoms. The van der Waals surface area contributed by atoms with Crippen LogP contribution in [-0.2, 0) is 14.3 Å². The fraction of sp³-hybridized carbons (Fsp3) is 0.750. The molecule has 0 aliphatic carbocycles. The van der Waals surface area contributed by atoms with Gasteiger partial charge in [0.05, 0.1) is 6.61 Å². The van der Waals surface area contributed by atoms with Crippen LogP contribution in [0.15, 0.2) is 0 Å². The van der Waals surface area contributed by atoms with Gasteiger partial charge in [-0.15, -0.1) is 0 Å². The van der Waals surface area contributed by atoms with E-state index in [1.54, 1.807) is 13.8 Å². The third kappa shape index (κ3) is 8.87. The molecule has 2 N–H and O–H groups in total. The number of nitrogens with one attached hydrogen (secondary N) is 1. The van der Waals surface area contributed by atoms with Crippen molar-refractivity contribution < 1.29 is 24.2 Å². The molecule has 19 heavy (non-hydrogen) atoms. The number of carbonyl (C=O) groups excluding carboxylic acids is 2. The Hall–Kier alpha value is -1.79. The largest absolute Gasteiger partial charge is 0.481 e. The molecule has 0 saturated carbocycles. The molecule has 110 valence electrons. The number of likely N-dealkylation sites (N-methyl/N-ethyl adjacent to an activating group) is 1. The lowest BCUT2D eigenvalue weighted by Gasteiger charge is -2.20. The van der Waals surface area contributed by atoms with Crippen LogP contribution >= 0.6 is 0 Å². The summed E-state index contributed by atoms with van der Waals surface area (Å²) in [5, 5.41) is 11.2. The first-order chi connectivity index (χ1) is 8.86. The summed E-state index contributed by atoms with van der Waals surface area (Å²) in [5.41, 5.74) is 0. The molecule has 0 rings (SSSR count). The number of aliphatic carboxylic acids is 1. The summed E-state index contributed by atoms with van der Waals surface area (Å²) in [5.74, 6) is -1.31. The predicted octanol–water partition coefficient (Wildman–Crippen LogP) is 0.834. The van der Waals surface area contributed by atoms with E-state index >= 15 is 0 Å². The summed E-state index contributed by atoms with van der Waals surface area (Å²) in [6.07, 6.45) is 1.16. The number of hydrogen-bond donors (Lipinski definition) is 2. The van der Waals surface area contributed by atoms with Crippen molar-refractivity contribution in [3.63, 3.8) is 0 Å². The lowest BCUT2D eigenvalue weighted by Crippen LogP contribution is -2.44. The molecule has 2 amide bonds. The molecule has 1 unspecified atom stereocenters. The van der Waals surface area contributed by atoms with Gasteiger partial charge in [0.25, 0.3) is 0 Å². The molecule has 0 radical (unpaired) electrons. The number of ether oxygens (including phenoxy) is 1. The zero-order chi connectivity index (χ0) is 14.8. The maximum atomic E-state index is 11.7. The van der Waals surface area contributed by atoms with Crippen LogP contribution in [0, 0.1) is 0 Å². The number of esters is 1. The Morgan fingerprint density at radius 2 is 2.00 bits per heavy atom. The van der Waals surface area contributed by atoms with E-state index in [2.05, 4.69) is 5.32 Å². The van der Waals surface area contributed by atoms with Crippen LogP contribution in [0.4, 0.5) is 4.79 Å². The third-order valence-electron chi connectivity index (χ3n) is 2.42. The van der Waals surface area contributed by atoms with Gasteiger partial charge >= 0.3 is 18.0 Å². The van der Waals surface area contributed by atoms with E-state index in [-0.39, 0.29) is 31.6 Å². The number of amides is 2. The first kappa shape index (κ1) is 17.2. The highest BCUT2D eigenvalue weighted by atomic mass is 16.5. The molecular weight excluding hydrogens is 252 g/mol. The highest BCUT2D eigenvalue weighted by molar-refractivity contribution is 5.80. The van der Waals surface area contributed by atoms with Crippen LogP contribution in [0.3, 0.4) is 0 Å². The zero-order valence-electron chi connectivity index (χ0n) is 11.6. The van der Waals surface area contributed by atoms with Gasteiger partial charge in [0.1, 0.15) is 6.54 Å². The van der Waals surface area contributed by atoms with Crippen LogP contribution in [0.5, 0.6) is 0 Å². The van der Waals surface area contributed by atoms with Gasteiger partial charge in [0, 0.05) is 19.5 Å². The van der Waals surface area contributed by atoms with Gasteiger partial charge in [-0.3, -0.25) is 9.59 Å². The minimum absolute atomic E-state index is 0.0822. The molecule has 0 aromatic heterocycles. The maximum absolute atomic E-state index is 11.7. The van der Waals surface area contributed by atoms with Crippen LogP contribution in [0.1, 0.15) is 33.1 Å². The minimum Gasteiger partial charge on any atom is -0.481 e. The second kappa shape index (κ2) is 9.18. The van der Waals surface area contributed by atoms with Gasteiger partial charge in [0.15, 0.2) is 0 Å². The van der Waals surface area contributed by atoms with Crippen molar-refractivity contribution in [2.45, 2.75) is 39.2 Å². The quantitative estimate of drug-likeness (QED) is 0.639. The van der Waals surface area contributed by atoms with E-state index in [0.717, 1.165) is 0 Å². The Labute approximate surface area is 112 Å². The van der Waals surface area contributed by atoms with Crippen LogP contribution in [-0.4, -0.2) is 54.2 Å². The first-order valence-corrected chi connectivity index (χ1v) is 6.25. The highest BCUT2D eigenvalue weighted by Gasteiger charge is 2.15. The van der Waals surface area contributed by atoms with Crippen LogP contribution in [0.25, 0.3) is 0 Å². The molecule has 0 spiro atoms. The van der Waals surface area contributed by atoms with E-state index in [1.165, 1.54) is 11.9 Å². The normalized spacial score (nSPS) is 11.5. The molecule has 7 nitrogen and oxygen atoms in total. The number of nitrogens with zero attached hydrogens (tertiary/aromatic N) is 1. The summed E-state index contributed by atoms with van der Waals surface area (Å²) in [6.45, 7) is 3.65. The molecule has 1 atom stereocenters. The molecule has 0 aliphatic heterocycles. The average Bonchev–Trinajstić information content (AvgIpc) is 2.28. The summed E-state index contributed by atoms with van der Waals surface area (Å²) >= 11 is 0. The van der Waals surface area contributed by atoms with E-state index < -0.39 is 11.9 Å². The Morgan fingerprint density at radius 3 is 2.53 bits per heavy atom. The summed E-state index contributed by atoms with van der Waals surface area (Å²) in [4.78, 5) is 34.4. The number of rotatable bonds is 8. The third-order valence-corrected chi connectivity index (χ3v) is 2.42. The molecule has 0 saturated heterocycles. The van der Waals surface area contributed by atoms with Crippen molar-refractivity contribution >= 4 is 18.0 Å².